The molecular weight excluding hydrogens is 587 g/mol. The van der Waals surface area contributed by atoms with Gasteiger partial charge in [0.2, 0.25) is 15.9 Å². The number of halogens is 1. The summed E-state index contributed by atoms with van der Waals surface area (Å²) in [4.78, 5) is 25.8. The molecule has 3 rings (SSSR count). The number of benzene rings is 3. The Hall–Kier alpha value is -4.00. The third-order valence-electron chi connectivity index (χ3n) is 7.25. The predicted molar refractivity (Wildman–Crippen MR) is 167 cm³/mol. The number of rotatable bonds is 16. The van der Waals surface area contributed by atoms with Gasteiger partial charge in [0.25, 0.3) is 0 Å². The second-order valence-electron chi connectivity index (χ2n) is 10.4. The van der Waals surface area contributed by atoms with Crippen LogP contribution in [0.15, 0.2) is 89.8 Å². The monoisotopic (exact) mass is 628 g/mol. The number of hydrogen-bond acceptors (Lipinski definition) is 7. The quantitative estimate of drug-likeness (QED) is 0.176. The number of carbonyl (C=O) groups is 2. The summed E-state index contributed by atoms with van der Waals surface area (Å²) in [6.07, 6.45) is -2.00. The van der Waals surface area contributed by atoms with Crippen molar-refractivity contribution in [3.8, 4) is 0 Å². The molecule has 3 aromatic rings. The number of aliphatic hydroxyl groups is 1. The minimum Gasteiger partial charge on any atom is -0.453 e. The van der Waals surface area contributed by atoms with Crippen molar-refractivity contribution in [2.45, 2.75) is 55.3 Å². The van der Waals surface area contributed by atoms with Crippen molar-refractivity contribution in [2.24, 2.45) is 0 Å². The van der Waals surface area contributed by atoms with Gasteiger partial charge in [-0.05, 0) is 54.7 Å². The van der Waals surface area contributed by atoms with Gasteiger partial charge in [-0.1, -0.05) is 67.6 Å². The highest BCUT2D eigenvalue weighted by Crippen LogP contribution is 2.29. The molecule has 0 saturated heterocycles. The van der Waals surface area contributed by atoms with Crippen molar-refractivity contribution in [2.75, 3.05) is 32.5 Å². The summed E-state index contributed by atoms with van der Waals surface area (Å²) in [7, 11) is -2.79. The number of alkyl carbamates (subject to hydrolysis) is 1. The molecule has 238 valence electrons. The van der Waals surface area contributed by atoms with Crippen molar-refractivity contribution in [1.82, 2.24) is 14.9 Å². The van der Waals surface area contributed by atoms with Crippen LogP contribution in [-0.2, 0) is 19.6 Å². The zero-order valence-corrected chi connectivity index (χ0v) is 25.8. The molecular formula is C32H41FN4O6S. The molecule has 0 heterocycles. The van der Waals surface area contributed by atoms with E-state index in [0.717, 1.165) is 11.1 Å². The number of nitrogen functional groups attached to an aromatic ring is 1. The van der Waals surface area contributed by atoms with Gasteiger partial charge in [0.05, 0.1) is 18.6 Å². The summed E-state index contributed by atoms with van der Waals surface area (Å²) >= 11 is 0. The Balaban J connectivity index is 1.73. The second kappa shape index (κ2) is 16.7. The summed E-state index contributed by atoms with van der Waals surface area (Å²) in [5, 5.41) is 15.3. The van der Waals surface area contributed by atoms with Crippen LogP contribution in [0.5, 0.6) is 0 Å². The topological polar surface area (TPSA) is 151 Å². The highest BCUT2D eigenvalue weighted by atomic mass is 32.2. The molecule has 5 N–H and O–H groups in total. The molecule has 0 aliphatic rings. The van der Waals surface area contributed by atoms with Gasteiger partial charge in [-0.15, -0.1) is 0 Å². The molecule has 0 bridgehead atoms. The first-order chi connectivity index (χ1) is 21.1. The standard InChI is InChI=1S/C32H41FN4O6S/c1-3-20-37(44(41,42)28-18-15-26(34)16-19-28)27(22-38)17-14-25(33)21-35-31(39)30(36-32(40)43-2)29(23-10-6-4-7-11-23)24-12-8-5-9-13-24/h4-13,15-16,18-19,25,27,29-30,38H,3,14,17,20-22,34H2,1-2H3,(H,35,39)(H,36,40)/t25-,27+,30+/m1/s1. The van der Waals surface area contributed by atoms with Crippen LogP contribution in [0.2, 0.25) is 0 Å². The first kappa shape index (κ1) is 34.5. The maximum absolute atomic E-state index is 15.2. The maximum Gasteiger partial charge on any atom is 0.407 e. The number of methoxy groups -OCH3 is 1. The summed E-state index contributed by atoms with van der Waals surface area (Å²) in [6.45, 7) is 1.05. The second-order valence-corrected chi connectivity index (χ2v) is 12.2. The Kier molecular flexibility index (Phi) is 13.1. The van der Waals surface area contributed by atoms with Gasteiger partial charge in [0, 0.05) is 30.7 Å². The normalized spacial score (nSPS) is 13.7. The van der Waals surface area contributed by atoms with Crippen LogP contribution in [0, 0.1) is 0 Å². The zero-order valence-electron chi connectivity index (χ0n) is 24.9. The Labute approximate surface area is 258 Å². The highest BCUT2D eigenvalue weighted by Gasteiger charge is 2.34. The highest BCUT2D eigenvalue weighted by molar-refractivity contribution is 7.89. The summed E-state index contributed by atoms with van der Waals surface area (Å²) in [5.41, 5.74) is 7.63. The number of alkyl halides is 1. The van der Waals surface area contributed by atoms with Gasteiger partial charge in [-0.25, -0.2) is 17.6 Å². The number of amides is 2. The molecule has 0 unspecified atom stereocenters. The van der Waals surface area contributed by atoms with Crippen molar-refractivity contribution >= 4 is 27.7 Å². The molecule has 0 aliphatic heterocycles. The van der Waals surface area contributed by atoms with E-state index < -0.39 is 52.8 Å². The van der Waals surface area contributed by atoms with Crippen molar-refractivity contribution in [3.63, 3.8) is 0 Å². The molecule has 0 aromatic heterocycles. The molecule has 0 aliphatic carbocycles. The lowest BCUT2D eigenvalue weighted by Gasteiger charge is -2.30. The fraction of sp³-hybridized carbons (Fsp3) is 0.375. The maximum atomic E-state index is 15.2. The third-order valence-corrected chi connectivity index (χ3v) is 9.22. The average Bonchev–Trinajstić information content (AvgIpc) is 3.04. The third kappa shape index (κ3) is 9.25. The van der Waals surface area contributed by atoms with Gasteiger partial charge in [-0.2, -0.15) is 4.31 Å². The van der Waals surface area contributed by atoms with Crippen LogP contribution in [0.4, 0.5) is 14.9 Å². The van der Waals surface area contributed by atoms with E-state index in [1.54, 1.807) is 0 Å². The van der Waals surface area contributed by atoms with E-state index in [-0.39, 0.29) is 30.8 Å². The SMILES string of the molecule is CCCN([C@H](CO)CC[C@@H](F)CNC(=O)[C@@H](NC(=O)OC)C(c1ccccc1)c1ccccc1)S(=O)(=O)c1ccc(N)cc1. The van der Waals surface area contributed by atoms with Crippen LogP contribution in [0.25, 0.3) is 0 Å². The van der Waals surface area contributed by atoms with E-state index >= 15 is 4.39 Å². The van der Waals surface area contributed by atoms with E-state index in [9.17, 15) is 23.1 Å². The predicted octanol–water partition coefficient (Wildman–Crippen LogP) is 3.82. The first-order valence-corrected chi connectivity index (χ1v) is 15.9. The lowest BCUT2D eigenvalue weighted by molar-refractivity contribution is -0.123. The van der Waals surface area contributed by atoms with E-state index in [2.05, 4.69) is 10.6 Å². The number of nitrogens with one attached hydrogen (secondary N) is 2. The number of nitrogens with two attached hydrogens (primary N) is 1. The van der Waals surface area contributed by atoms with Gasteiger partial charge in [-0.3, -0.25) is 4.79 Å². The van der Waals surface area contributed by atoms with Crippen LogP contribution in [0.1, 0.15) is 43.2 Å². The van der Waals surface area contributed by atoms with E-state index in [4.69, 9.17) is 10.5 Å². The van der Waals surface area contributed by atoms with Gasteiger partial charge < -0.3 is 26.2 Å². The Morgan fingerprint density at radius 3 is 2.02 bits per heavy atom. The van der Waals surface area contributed by atoms with Crippen molar-refractivity contribution < 1.29 is 32.2 Å². The molecule has 0 spiro atoms. The minimum atomic E-state index is -3.98. The summed E-state index contributed by atoms with van der Waals surface area (Å²) in [6, 6.07) is 22.1. The van der Waals surface area contributed by atoms with Crippen molar-refractivity contribution in [1.29, 1.82) is 0 Å². The number of anilines is 1. The Morgan fingerprint density at radius 2 is 1.52 bits per heavy atom. The number of aliphatic hydroxyl groups excluding tert-OH is 1. The van der Waals surface area contributed by atoms with Gasteiger partial charge >= 0.3 is 6.09 Å². The van der Waals surface area contributed by atoms with Crippen LogP contribution in [0.3, 0.4) is 0 Å². The molecule has 12 heteroatoms. The van der Waals surface area contributed by atoms with Crippen molar-refractivity contribution in [3.05, 3.63) is 96.1 Å². The number of sulfonamides is 1. The van der Waals surface area contributed by atoms with Crippen LogP contribution in [-0.4, -0.2) is 74.9 Å². The molecule has 3 atom stereocenters. The van der Waals surface area contributed by atoms with Crippen LogP contribution >= 0.6 is 0 Å². The molecule has 0 fully saturated rings. The van der Waals surface area contributed by atoms with Gasteiger partial charge in [0.1, 0.15) is 12.2 Å². The van der Waals surface area contributed by atoms with Crippen LogP contribution < -0.4 is 16.4 Å². The number of hydrogen-bond donors (Lipinski definition) is 4. The zero-order chi connectivity index (χ0) is 32.1. The largest absolute Gasteiger partial charge is 0.453 e. The molecule has 3 aromatic carbocycles. The fourth-order valence-corrected chi connectivity index (χ4v) is 6.74. The fourth-order valence-electron chi connectivity index (χ4n) is 5.00. The number of nitrogens with zero attached hydrogens (tertiary/aromatic N) is 1. The average molecular weight is 629 g/mol. The summed E-state index contributed by atoms with van der Waals surface area (Å²) < 4.78 is 47.9. The molecule has 2 amide bonds. The first-order valence-electron chi connectivity index (χ1n) is 14.5. The number of ether oxygens (including phenoxy) is 1. The minimum absolute atomic E-state index is 0.0161. The lowest BCUT2D eigenvalue weighted by Crippen LogP contribution is -2.51. The molecule has 44 heavy (non-hydrogen) atoms. The Morgan fingerprint density at radius 1 is 0.955 bits per heavy atom. The lowest BCUT2D eigenvalue weighted by atomic mass is 9.84. The Bertz CT molecular complexity index is 1390. The smallest absolute Gasteiger partial charge is 0.407 e. The van der Waals surface area contributed by atoms with Gasteiger partial charge in [0.15, 0.2) is 0 Å². The molecule has 0 saturated carbocycles. The van der Waals surface area contributed by atoms with E-state index in [0.29, 0.717) is 12.1 Å². The number of carbonyl (C=O) groups excluding carboxylic acids is 2. The van der Waals surface area contributed by atoms with E-state index in [1.807, 2.05) is 67.6 Å². The van der Waals surface area contributed by atoms with E-state index in [1.165, 1.54) is 35.7 Å². The molecule has 10 nitrogen and oxygen atoms in total. The molecule has 0 radical (unpaired) electrons. The summed E-state index contributed by atoms with van der Waals surface area (Å²) in [5.74, 6) is -1.22.